The molecule has 0 spiro atoms. The molecule has 0 aromatic heterocycles. The highest BCUT2D eigenvalue weighted by atomic mass is 16.5. The lowest BCUT2D eigenvalue weighted by Crippen LogP contribution is -2.61. The van der Waals surface area contributed by atoms with Crippen molar-refractivity contribution in [2.45, 2.75) is 25.3 Å². The molecule has 6 heteroatoms. The number of anilines is 1. The molecule has 1 aliphatic carbocycles. The van der Waals surface area contributed by atoms with Crippen molar-refractivity contribution >= 4 is 18.2 Å². The van der Waals surface area contributed by atoms with Crippen LogP contribution in [0.15, 0.2) is 82.8 Å². The van der Waals surface area contributed by atoms with Crippen LogP contribution in [0.5, 0.6) is 17.2 Å². The van der Waals surface area contributed by atoms with Gasteiger partial charge in [0.05, 0.1) is 31.8 Å². The molecule has 6 nitrogen and oxygen atoms in total. The Bertz CT molecular complexity index is 1020. The molecule has 0 saturated heterocycles. The van der Waals surface area contributed by atoms with E-state index in [1.807, 2.05) is 67.4 Å². The first-order chi connectivity index (χ1) is 14.3. The number of hydrogen-bond acceptors (Lipinski definition) is 5. The second kappa shape index (κ2) is 7.22. The van der Waals surface area contributed by atoms with E-state index in [1.165, 1.54) is 6.42 Å². The summed E-state index contributed by atoms with van der Waals surface area (Å²) in [6, 6.07) is 16.2. The molecule has 2 aliphatic heterocycles. The molecular weight excluding hydrogens is 364 g/mol. The van der Waals surface area contributed by atoms with Crippen LogP contribution < -0.4 is 14.5 Å². The first-order valence-corrected chi connectivity index (χ1v) is 9.85. The number of allylic oxidation sites excluding steroid dienone is 1. The standard InChI is InChI=1S/C23H23N4O2/c1-28-23-14-21(29-20-8-3-2-4-9-20)10-11-22(23)26(18-6-5-7-18)27-13-12-24-15-19(27)16-25-17-27/h2-4,8-18H,5-7H2,1H3/q+1. The van der Waals surface area contributed by atoms with E-state index >= 15 is 0 Å². The molecule has 1 unspecified atom stereocenters. The Balaban J connectivity index is 1.55. The number of ether oxygens (including phenoxy) is 2. The first-order valence-electron chi connectivity index (χ1n) is 9.85. The van der Waals surface area contributed by atoms with Gasteiger partial charge in [0.15, 0.2) is 11.9 Å². The highest BCUT2D eigenvalue weighted by Gasteiger charge is 2.47. The number of para-hydroxylation sites is 1. The average molecular weight is 387 g/mol. The van der Waals surface area contributed by atoms with Crippen molar-refractivity contribution in [3.63, 3.8) is 0 Å². The zero-order valence-corrected chi connectivity index (χ0v) is 16.3. The van der Waals surface area contributed by atoms with Crippen LogP contribution in [0.3, 0.4) is 0 Å². The minimum atomic E-state index is 0.397. The largest absolute Gasteiger partial charge is 0.494 e. The van der Waals surface area contributed by atoms with Crippen molar-refractivity contribution in [1.82, 2.24) is 0 Å². The summed E-state index contributed by atoms with van der Waals surface area (Å²) in [5, 5.41) is 2.37. The first kappa shape index (κ1) is 17.7. The molecule has 3 aliphatic rings. The van der Waals surface area contributed by atoms with E-state index < -0.39 is 0 Å². The Labute approximate surface area is 170 Å². The van der Waals surface area contributed by atoms with Crippen molar-refractivity contribution in [2.24, 2.45) is 9.98 Å². The molecular formula is C23H23N4O2+. The Morgan fingerprint density at radius 3 is 2.66 bits per heavy atom. The van der Waals surface area contributed by atoms with Crippen LogP contribution in [0.25, 0.3) is 0 Å². The summed E-state index contributed by atoms with van der Waals surface area (Å²) in [4.78, 5) is 8.75. The predicted molar refractivity (Wildman–Crippen MR) is 114 cm³/mol. The van der Waals surface area contributed by atoms with Gasteiger partial charge in [0.25, 0.3) is 0 Å². The number of nitrogens with zero attached hydrogens (tertiary/aromatic N) is 4. The smallest absolute Gasteiger partial charge is 0.225 e. The highest BCUT2D eigenvalue weighted by Crippen LogP contribution is 2.44. The number of hydrogen-bond donors (Lipinski definition) is 0. The van der Waals surface area contributed by atoms with Gasteiger partial charge in [-0.3, -0.25) is 4.99 Å². The number of aliphatic imine (C=N–C) groups is 2. The molecule has 2 heterocycles. The SMILES string of the molecule is COc1cc(Oc2ccccc2)ccc1N(C1CCC1)[N+]12C=CN=CC1=CN=C2. The number of quaternary nitrogens is 1. The minimum absolute atomic E-state index is 0.397. The molecule has 0 bridgehead atoms. The van der Waals surface area contributed by atoms with Crippen LogP contribution in [0.1, 0.15) is 19.3 Å². The zero-order valence-electron chi connectivity index (χ0n) is 16.3. The van der Waals surface area contributed by atoms with E-state index in [1.54, 1.807) is 7.11 Å². The van der Waals surface area contributed by atoms with Crippen molar-refractivity contribution in [3.8, 4) is 17.2 Å². The van der Waals surface area contributed by atoms with E-state index in [9.17, 15) is 0 Å². The number of methoxy groups -OCH3 is 1. The Hall–Kier alpha value is -3.38. The number of benzene rings is 2. The summed E-state index contributed by atoms with van der Waals surface area (Å²) in [5.74, 6) is 2.31. The van der Waals surface area contributed by atoms with E-state index in [-0.39, 0.29) is 0 Å². The maximum atomic E-state index is 6.01. The van der Waals surface area contributed by atoms with Crippen molar-refractivity contribution in [1.29, 1.82) is 0 Å². The summed E-state index contributed by atoms with van der Waals surface area (Å²) >= 11 is 0. The molecule has 146 valence electrons. The van der Waals surface area contributed by atoms with Gasteiger partial charge in [-0.05, 0) is 43.5 Å². The van der Waals surface area contributed by atoms with E-state index in [0.29, 0.717) is 10.6 Å². The number of rotatable bonds is 6. The number of fused-ring (bicyclic) bond motifs is 1. The topological polar surface area (TPSA) is 46.4 Å². The van der Waals surface area contributed by atoms with Gasteiger partial charge in [-0.25, -0.2) is 10.0 Å². The quantitative estimate of drug-likeness (QED) is 0.654. The molecule has 0 radical (unpaired) electrons. The molecule has 2 aromatic carbocycles. The molecule has 1 atom stereocenters. The zero-order chi connectivity index (χ0) is 19.7. The van der Waals surface area contributed by atoms with Crippen molar-refractivity contribution in [3.05, 3.63) is 72.8 Å². The fourth-order valence-corrected chi connectivity index (χ4v) is 3.94. The lowest BCUT2D eigenvalue weighted by atomic mass is 9.91. The van der Waals surface area contributed by atoms with E-state index in [0.717, 1.165) is 41.5 Å². The maximum absolute atomic E-state index is 6.01. The summed E-state index contributed by atoms with van der Waals surface area (Å²) < 4.78 is 12.2. The Morgan fingerprint density at radius 1 is 1.03 bits per heavy atom. The van der Waals surface area contributed by atoms with Gasteiger partial charge in [0.2, 0.25) is 12.0 Å². The van der Waals surface area contributed by atoms with Crippen LogP contribution in [0.4, 0.5) is 5.69 Å². The third kappa shape index (κ3) is 3.02. The monoisotopic (exact) mass is 387 g/mol. The summed E-state index contributed by atoms with van der Waals surface area (Å²) in [6.45, 7) is 0. The van der Waals surface area contributed by atoms with Gasteiger partial charge in [-0.1, -0.05) is 18.2 Å². The fourth-order valence-electron chi connectivity index (χ4n) is 3.94. The second-order valence-corrected chi connectivity index (χ2v) is 7.31. The third-order valence-electron chi connectivity index (χ3n) is 5.60. The molecule has 29 heavy (non-hydrogen) atoms. The maximum Gasteiger partial charge on any atom is 0.225 e. The van der Waals surface area contributed by atoms with Gasteiger partial charge in [-0.15, -0.1) is 4.59 Å². The minimum Gasteiger partial charge on any atom is -0.494 e. The molecule has 5 rings (SSSR count). The normalized spacial score (nSPS) is 22.0. The molecule has 1 fully saturated rings. The molecule has 2 aromatic rings. The van der Waals surface area contributed by atoms with Gasteiger partial charge in [-0.2, -0.15) is 0 Å². The summed E-state index contributed by atoms with van der Waals surface area (Å²) in [5.41, 5.74) is 2.03. The van der Waals surface area contributed by atoms with Gasteiger partial charge in [0, 0.05) is 6.07 Å². The Kier molecular flexibility index (Phi) is 4.41. The van der Waals surface area contributed by atoms with Crippen LogP contribution in [0.2, 0.25) is 0 Å². The molecule has 1 saturated carbocycles. The molecule has 0 amide bonds. The van der Waals surface area contributed by atoms with Gasteiger partial charge < -0.3 is 9.47 Å². The van der Waals surface area contributed by atoms with Gasteiger partial charge >= 0.3 is 0 Å². The van der Waals surface area contributed by atoms with Crippen LogP contribution >= 0.6 is 0 Å². The van der Waals surface area contributed by atoms with Crippen molar-refractivity contribution < 1.29 is 14.1 Å². The predicted octanol–water partition coefficient (Wildman–Crippen LogP) is 5.02. The van der Waals surface area contributed by atoms with E-state index in [2.05, 4.69) is 27.3 Å². The lowest BCUT2D eigenvalue weighted by Gasteiger charge is -2.47. The fraction of sp³-hybridized carbons (Fsp3) is 0.217. The summed E-state index contributed by atoms with van der Waals surface area (Å²) in [7, 11) is 1.70. The Morgan fingerprint density at radius 2 is 1.90 bits per heavy atom. The average Bonchev–Trinajstić information content (AvgIpc) is 3.16. The van der Waals surface area contributed by atoms with Crippen LogP contribution in [0, 0.1) is 0 Å². The van der Waals surface area contributed by atoms with Gasteiger partial charge in [0.1, 0.15) is 17.2 Å². The molecule has 0 N–H and O–H groups in total. The summed E-state index contributed by atoms with van der Waals surface area (Å²) in [6.07, 6.45) is 13.1. The second-order valence-electron chi connectivity index (χ2n) is 7.31. The van der Waals surface area contributed by atoms with Crippen molar-refractivity contribution in [2.75, 3.05) is 12.1 Å². The third-order valence-corrected chi connectivity index (χ3v) is 5.60. The van der Waals surface area contributed by atoms with E-state index in [4.69, 9.17) is 9.47 Å². The lowest BCUT2D eigenvalue weighted by molar-refractivity contribution is -0.746. The van der Waals surface area contributed by atoms with Crippen LogP contribution in [-0.4, -0.2) is 30.3 Å². The highest BCUT2D eigenvalue weighted by molar-refractivity contribution is 5.82. The van der Waals surface area contributed by atoms with Crippen LogP contribution in [-0.2, 0) is 0 Å².